The molecule has 2 heterocycles. The molecule has 0 aliphatic carbocycles. The Hall–Kier alpha value is -2.32. The van der Waals surface area contributed by atoms with Crippen LogP contribution >= 0.6 is 11.6 Å². The van der Waals surface area contributed by atoms with Crippen molar-refractivity contribution in [2.24, 2.45) is 0 Å². The number of carbonyl (C=O) groups is 1. The number of halogens is 4. The van der Waals surface area contributed by atoms with Crippen LogP contribution in [0.15, 0.2) is 36.5 Å². The molecule has 1 fully saturated rings. The number of pyridine rings is 1. The van der Waals surface area contributed by atoms with E-state index in [9.17, 15) is 18.0 Å². The van der Waals surface area contributed by atoms with Gasteiger partial charge in [-0.3, -0.25) is 9.69 Å². The molecule has 156 valence electrons. The second-order valence-electron chi connectivity index (χ2n) is 7.05. The van der Waals surface area contributed by atoms with Crippen LogP contribution in [-0.2, 0) is 11.0 Å². The Morgan fingerprint density at radius 2 is 1.97 bits per heavy atom. The highest BCUT2D eigenvalue weighted by Gasteiger charge is 2.31. The van der Waals surface area contributed by atoms with Gasteiger partial charge in [-0.25, -0.2) is 4.98 Å². The molecule has 29 heavy (non-hydrogen) atoms. The van der Waals surface area contributed by atoms with Crippen molar-refractivity contribution < 1.29 is 18.0 Å². The molecule has 0 saturated carbocycles. The summed E-state index contributed by atoms with van der Waals surface area (Å²) in [7, 11) is 0. The summed E-state index contributed by atoms with van der Waals surface area (Å²) in [4.78, 5) is 20.3. The number of carbonyl (C=O) groups excluding carboxylic acids is 1. The van der Waals surface area contributed by atoms with Crippen LogP contribution in [-0.4, -0.2) is 48.5 Å². The second kappa shape index (κ2) is 9.00. The van der Waals surface area contributed by atoms with E-state index in [1.54, 1.807) is 12.1 Å². The summed E-state index contributed by atoms with van der Waals surface area (Å²) in [5.74, 6) is 0.354. The molecule has 1 saturated heterocycles. The Kier molecular flexibility index (Phi) is 6.64. The van der Waals surface area contributed by atoms with Gasteiger partial charge in [0.05, 0.1) is 22.8 Å². The van der Waals surface area contributed by atoms with Gasteiger partial charge in [-0.1, -0.05) is 17.7 Å². The Morgan fingerprint density at radius 3 is 2.62 bits per heavy atom. The SMILES string of the molecule is Cc1ccc(NC(=O)CN2CCCN(c3ccc(C(F)(F)F)cn3)CC2)c(Cl)c1. The summed E-state index contributed by atoms with van der Waals surface area (Å²) < 4.78 is 38.1. The largest absolute Gasteiger partial charge is 0.417 e. The van der Waals surface area contributed by atoms with Gasteiger partial charge < -0.3 is 10.2 Å². The molecule has 0 radical (unpaired) electrons. The minimum absolute atomic E-state index is 0.156. The Balaban J connectivity index is 1.55. The summed E-state index contributed by atoms with van der Waals surface area (Å²) in [6.07, 6.45) is -2.76. The molecular weight excluding hydrogens is 405 g/mol. The standard InChI is InChI=1S/C20H22ClF3N4O/c1-14-3-5-17(16(21)11-14)26-19(29)13-27-7-2-8-28(10-9-27)18-6-4-15(12-25-18)20(22,23)24/h3-6,11-12H,2,7-10,13H2,1H3,(H,26,29). The molecular formula is C20H22ClF3N4O. The van der Waals surface area contributed by atoms with E-state index >= 15 is 0 Å². The number of nitrogens with zero attached hydrogens (tertiary/aromatic N) is 3. The zero-order valence-corrected chi connectivity index (χ0v) is 16.7. The molecule has 5 nitrogen and oxygen atoms in total. The van der Waals surface area contributed by atoms with Gasteiger partial charge in [0, 0.05) is 32.4 Å². The van der Waals surface area contributed by atoms with Gasteiger partial charge in [0.25, 0.3) is 0 Å². The predicted octanol–water partition coefficient (Wildman–Crippen LogP) is 4.21. The van der Waals surface area contributed by atoms with Gasteiger partial charge in [0.15, 0.2) is 0 Å². The number of hydrogen-bond acceptors (Lipinski definition) is 4. The topological polar surface area (TPSA) is 48.5 Å². The highest BCUT2D eigenvalue weighted by atomic mass is 35.5. The van der Waals surface area contributed by atoms with Crippen molar-refractivity contribution in [1.82, 2.24) is 9.88 Å². The average molecular weight is 427 g/mol. The zero-order chi connectivity index (χ0) is 21.0. The Morgan fingerprint density at radius 1 is 1.17 bits per heavy atom. The molecule has 1 aliphatic heterocycles. The molecule has 0 atom stereocenters. The van der Waals surface area contributed by atoms with Crippen LogP contribution in [0.4, 0.5) is 24.7 Å². The lowest BCUT2D eigenvalue weighted by Gasteiger charge is -2.23. The number of alkyl halides is 3. The van der Waals surface area contributed by atoms with Crippen LogP contribution in [0.2, 0.25) is 5.02 Å². The van der Waals surface area contributed by atoms with E-state index in [2.05, 4.69) is 10.3 Å². The number of rotatable bonds is 4. The van der Waals surface area contributed by atoms with E-state index in [0.29, 0.717) is 42.7 Å². The van der Waals surface area contributed by atoms with E-state index in [1.807, 2.05) is 22.8 Å². The molecule has 1 aromatic carbocycles. The minimum atomic E-state index is -4.39. The first-order valence-corrected chi connectivity index (χ1v) is 9.67. The lowest BCUT2D eigenvalue weighted by molar-refractivity contribution is -0.137. The third kappa shape index (κ3) is 5.83. The smallest absolute Gasteiger partial charge is 0.355 e. The van der Waals surface area contributed by atoms with Crippen molar-refractivity contribution in [3.8, 4) is 0 Å². The molecule has 0 unspecified atom stereocenters. The van der Waals surface area contributed by atoms with Crippen LogP contribution < -0.4 is 10.2 Å². The third-order valence-electron chi connectivity index (χ3n) is 4.75. The fourth-order valence-corrected chi connectivity index (χ4v) is 3.50. The second-order valence-corrected chi connectivity index (χ2v) is 7.46. The van der Waals surface area contributed by atoms with E-state index in [-0.39, 0.29) is 12.5 Å². The summed E-state index contributed by atoms with van der Waals surface area (Å²) >= 11 is 6.16. The van der Waals surface area contributed by atoms with E-state index in [0.717, 1.165) is 24.2 Å². The van der Waals surface area contributed by atoms with Crippen molar-refractivity contribution in [2.75, 3.05) is 42.9 Å². The van der Waals surface area contributed by atoms with Crippen molar-refractivity contribution in [1.29, 1.82) is 0 Å². The van der Waals surface area contributed by atoms with Gasteiger partial charge in [-0.05, 0) is 43.2 Å². The number of hydrogen-bond donors (Lipinski definition) is 1. The van der Waals surface area contributed by atoms with Crippen molar-refractivity contribution in [2.45, 2.75) is 19.5 Å². The molecule has 3 rings (SSSR count). The van der Waals surface area contributed by atoms with Crippen molar-refractivity contribution in [3.63, 3.8) is 0 Å². The first-order chi connectivity index (χ1) is 13.7. The molecule has 1 amide bonds. The normalized spacial score (nSPS) is 15.8. The molecule has 1 aliphatic rings. The fourth-order valence-electron chi connectivity index (χ4n) is 3.21. The lowest BCUT2D eigenvalue weighted by Crippen LogP contribution is -2.36. The first-order valence-electron chi connectivity index (χ1n) is 9.29. The van der Waals surface area contributed by atoms with E-state index in [1.165, 1.54) is 6.07 Å². The summed E-state index contributed by atoms with van der Waals surface area (Å²) in [5.41, 5.74) is 0.828. The Labute approximate surface area is 172 Å². The van der Waals surface area contributed by atoms with Crippen molar-refractivity contribution in [3.05, 3.63) is 52.7 Å². The number of nitrogens with one attached hydrogen (secondary N) is 1. The molecule has 0 spiro atoms. The summed E-state index contributed by atoms with van der Waals surface area (Å²) in [6.45, 7) is 4.71. The zero-order valence-electron chi connectivity index (χ0n) is 16.0. The molecule has 2 aromatic rings. The molecule has 9 heteroatoms. The maximum atomic E-state index is 12.7. The lowest BCUT2D eigenvalue weighted by atomic mass is 10.2. The van der Waals surface area contributed by atoms with Crippen LogP contribution in [0.1, 0.15) is 17.5 Å². The van der Waals surface area contributed by atoms with Gasteiger partial charge in [-0.2, -0.15) is 13.2 Å². The average Bonchev–Trinajstić information content (AvgIpc) is 2.89. The van der Waals surface area contributed by atoms with Crippen LogP contribution in [0.3, 0.4) is 0 Å². The monoisotopic (exact) mass is 426 g/mol. The van der Waals surface area contributed by atoms with Crippen LogP contribution in [0, 0.1) is 6.92 Å². The van der Waals surface area contributed by atoms with Gasteiger partial charge in [-0.15, -0.1) is 0 Å². The molecule has 1 N–H and O–H groups in total. The first kappa shape index (κ1) is 21.4. The van der Waals surface area contributed by atoms with Crippen LogP contribution in [0.25, 0.3) is 0 Å². The van der Waals surface area contributed by atoms with Crippen molar-refractivity contribution >= 4 is 29.0 Å². The fraction of sp³-hybridized carbons (Fsp3) is 0.400. The summed E-state index contributed by atoms with van der Waals surface area (Å²) in [5, 5.41) is 3.32. The number of anilines is 2. The maximum absolute atomic E-state index is 12.7. The number of aromatic nitrogens is 1. The van der Waals surface area contributed by atoms with Gasteiger partial charge in [0.1, 0.15) is 5.82 Å². The quantitative estimate of drug-likeness (QED) is 0.795. The maximum Gasteiger partial charge on any atom is 0.417 e. The minimum Gasteiger partial charge on any atom is -0.355 e. The third-order valence-corrected chi connectivity index (χ3v) is 5.07. The predicted molar refractivity (Wildman–Crippen MR) is 107 cm³/mol. The van der Waals surface area contributed by atoms with Gasteiger partial charge >= 0.3 is 6.18 Å². The van der Waals surface area contributed by atoms with E-state index < -0.39 is 11.7 Å². The van der Waals surface area contributed by atoms with E-state index in [4.69, 9.17) is 11.6 Å². The number of aryl methyl sites for hydroxylation is 1. The number of benzene rings is 1. The molecule has 1 aromatic heterocycles. The highest BCUT2D eigenvalue weighted by Crippen LogP contribution is 2.29. The van der Waals surface area contributed by atoms with Crippen LogP contribution in [0.5, 0.6) is 0 Å². The number of amides is 1. The highest BCUT2D eigenvalue weighted by molar-refractivity contribution is 6.33. The Bertz CT molecular complexity index is 858. The summed E-state index contributed by atoms with van der Waals surface area (Å²) in [6, 6.07) is 7.88. The molecule has 0 bridgehead atoms. The van der Waals surface area contributed by atoms with Gasteiger partial charge in [0.2, 0.25) is 5.91 Å².